The van der Waals surface area contributed by atoms with Crippen molar-refractivity contribution in [2.24, 2.45) is 5.92 Å². The molecular weight excluding hydrogens is 328 g/mol. The molecule has 0 bridgehead atoms. The van der Waals surface area contributed by atoms with E-state index >= 15 is 0 Å². The van der Waals surface area contributed by atoms with Gasteiger partial charge in [0.15, 0.2) is 0 Å². The Morgan fingerprint density at radius 3 is 2.48 bits per heavy atom. The van der Waals surface area contributed by atoms with E-state index in [1.807, 2.05) is 0 Å². The smallest absolute Gasteiger partial charge is 0.335 e. The molecule has 130 valence electrons. The lowest BCUT2D eigenvalue weighted by atomic mass is 10.1. The second-order valence-corrected chi connectivity index (χ2v) is 6.31. The summed E-state index contributed by atoms with van der Waals surface area (Å²) in [4.78, 5) is 24.8. The average molecular weight is 345 g/mol. The second-order valence-electron chi connectivity index (χ2n) is 6.31. The maximum absolute atomic E-state index is 13.8. The third kappa shape index (κ3) is 3.68. The van der Waals surface area contributed by atoms with Crippen molar-refractivity contribution < 1.29 is 23.5 Å². The summed E-state index contributed by atoms with van der Waals surface area (Å²) in [5, 5.41) is 8.88. The van der Waals surface area contributed by atoms with Gasteiger partial charge in [0.1, 0.15) is 11.6 Å². The van der Waals surface area contributed by atoms with E-state index in [2.05, 4.69) is 0 Å². The number of carbonyl (C=O) groups excluding carboxylic acids is 1. The highest BCUT2D eigenvalue weighted by Crippen LogP contribution is 2.49. The maximum atomic E-state index is 13.8. The van der Waals surface area contributed by atoms with Gasteiger partial charge in [0.2, 0.25) is 5.91 Å². The molecule has 1 amide bonds. The zero-order valence-corrected chi connectivity index (χ0v) is 13.6. The minimum atomic E-state index is -1.01. The molecule has 0 aromatic heterocycles. The summed E-state index contributed by atoms with van der Waals surface area (Å²) in [5.74, 6) is -2.78. The van der Waals surface area contributed by atoms with Gasteiger partial charge in [-0.15, -0.1) is 0 Å². The molecule has 0 aliphatic heterocycles. The number of carboxylic acid groups (broad SMARTS) is 1. The van der Waals surface area contributed by atoms with Crippen LogP contribution in [-0.2, 0) is 11.3 Å². The topological polar surface area (TPSA) is 57.6 Å². The molecule has 2 unspecified atom stereocenters. The van der Waals surface area contributed by atoms with Gasteiger partial charge in [-0.2, -0.15) is 0 Å². The average Bonchev–Trinajstić information content (AvgIpc) is 3.37. The highest BCUT2D eigenvalue weighted by Gasteiger charge is 2.46. The predicted molar refractivity (Wildman–Crippen MR) is 87.1 cm³/mol. The fourth-order valence-electron chi connectivity index (χ4n) is 3.00. The standard InChI is InChI=1S/C19H17F2NO3/c1-22(10-11-2-4-12(5-3-11)19(24)25)18(23)16-9-14(16)15-8-13(20)6-7-17(15)21/h2-8,14,16H,9-10H2,1H3,(H,24,25). The SMILES string of the molecule is CN(Cc1ccc(C(=O)O)cc1)C(=O)C1CC1c1cc(F)ccc1F. The van der Waals surface area contributed by atoms with Crippen molar-refractivity contribution in [3.8, 4) is 0 Å². The monoisotopic (exact) mass is 345 g/mol. The Bertz CT molecular complexity index is 820. The number of amides is 1. The summed E-state index contributed by atoms with van der Waals surface area (Å²) in [6.45, 7) is 0.327. The summed E-state index contributed by atoms with van der Waals surface area (Å²) >= 11 is 0. The number of hydrogen-bond acceptors (Lipinski definition) is 2. The predicted octanol–water partition coefficient (Wildman–Crippen LogP) is 3.43. The van der Waals surface area contributed by atoms with E-state index in [1.54, 1.807) is 19.2 Å². The van der Waals surface area contributed by atoms with Crippen LogP contribution in [-0.4, -0.2) is 28.9 Å². The van der Waals surface area contributed by atoms with Gasteiger partial charge in [0.25, 0.3) is 0 Å². The van der Waals surface area contributed by atoms with Crippen LogP contribution in [0.5, 0.6) is 0 Å². The minimum absolute atomic E-state index is 0.129. The third-order valence-electron chi connectivity index (χ3n) is 4.46. The number of nitrogens with zero attached hydrogens (tertiary/aromatic N) is 1. The zero-order chi connectivity index (χ0) is 18.1. The lowest BCUT2D eigenvalue weighted by Crippen LogP contribution is -2.28. The van der Waals surface area contributed by atoms with E-state index in [0.29, 0.717) is 13.0 Å². The van der Waals surface area contributed by atoms with Crippen LogP contribution < -0.4 is 0 Å². The summed E-state index contributed by atoms with van der Waals surface area (Å²) in [5.41, 5.74) is 1.23. The van der Waals surface area contributed by atoms with Crippen LogP contribution in [0.25, 0.3) is 0 Å². The number of hydrogen-bond donors (Lipinski definition) is 1. The Hall–Kier alpha value is -2.76. The molecule has 6 heteroatoms. The van der Waals surface area contributed by atoms with Crippen molar-refractivity contribution in [2.75, 3.05) is 7.05 Å². The Labute approximate surface area is 143 Å². The molecule has 0 spiro atoms. The summed E-state index contributed by atoms with van der Waals surface area (Å²) < 4.78 is 27.1. The van der Waals surface area contributed by atoms with Crippen LogP contribution >= 0.6 is 0 Å². The lowest BCUT2D eigenvalue weighted by molar-refractivity contribution is -0.131. The molecule has 0 saturated heterocycles. The largest absolute Gasteiger partial charge is 0.478 e. The molecule has 4 nitrogen and oxygen atoms in total. The van der Waals surface area contributed by atoms with Crippen LogP contribution in [0.15, 0.2) is 42.5 Å². The van der Waals surface area contributed by atoms with E-state index < -0.39 is 17.6 Å². The van der Waals surface area contributed by atoms with Crippen LogP contribution in [0.3, 0.4) is 0 Å². The van der Waals surface area contributed by atoms with Gasteiger partial charge >= 0.3 is 5.97 Å². The van der Waals surface area contributed by atoms with E-state index in [9.17, 15) is 18.4 Å². The molecule has 1 aliphatic rings. The van der Waals surface area contributed by atoms with Crippen molar-refractivity contribution in [3.63, 3.8) is 0 Å². The number of benzene rings is 2. The lowest BCUT2D eigenvalue weighted by Gasteiger charge is -2.17. The van der Waals surface area contributed by atoms with Gasteiger partial charge in [-0.25, -0.2) is 13.6 Å². The Morgan fingerprint density at radius 2 is 1.84 bits per heavy atom. The Balaban J connectivity index is 1.64. The third-order valence-corrected chi connectivity index (χ3v) is 4.46. The van der Waals surface area contributed by atoms with Crippen molar-refractivity contribution in [1.29, 1.82) is 0 Å². The zero-order valence-electron chi connectivity index (χ0n) is 13.6. The van der Waals surface area contributed by atoms with E-state index in [0.717, 1.165) is 23.8 Å². The van der Waals surface area contributed by atoms with E-state index in [1.165, 1.54) is 17.0 Å². The number of rotatable bonds is 5. The Kier molecular flexibility index (Phi) is 4.53. The van der Waals surface area contributed by atoms with Crippen LogP contribution in [0.4, 0.5) is 8.78 Å². The molecule has 1 N–H and O–H groups in total. The van der Waals surface area contributed by atoms with Gasteiger partial charge in [-0.05, 0) is 53.8 Å². The maximum Gasteiger partial charge on any atom is 0.335 e. The highest BCUT2D eigenvalue weighted by atomic mass is 19.1. The van der Waals surface area contributed by atoms with Crippen molar-refractivity contribution in [2.45, 2.75) is 18.9 Å². The molecule has 0 heterocycles. The van der Waals surface area contributed by atoms with Gasteiger partial charge in [0.05, 0.1) is 5.56 Å². The van der Waals surface area contributed by atoms with Crippen LogP contribution in [0.2, 0.25) is 0 Å². The molecule has 25 heavy (non-hydrogen) atoms. The molecule has 2 aromatic carbocycles. The first-order valence-electron chi connectivity index (χ1n) is 7.89. The Morgan fingerprint density at radius 1 is 1.16 bits per heavy atom. The highest BCUT2D eigenvalue weighted by molar-refractivity contribution is 5.87. The minimum Gasteiger partial charge on any atom is -0.478 e. The number of carbonyl (C=O) groups is 2. The normalized spacial score (nSPS) is 18.7. The van der Waals surface area contributed by atoms with Gasteiger partial charge in [-0.3, -0.25) is 4.79 Å². The summed E-state index contributed by atoms with van der Waals surface area (Å²) in [6, 6.07) is 9.57. The molecule has 1 saturated carbocycles. The second kappa shape index (κ2) is 6.63. The number of halogens is 2. The molecule has 2 atom stereocenters. The van der Waals surface area contributed by atoms with Crippen LogP contribution in [0.1, 0.15) is 33.8 Å². The van der Waals surface area contributed by atoms with Gasteiger partial charge < -0.3 is 10.0 Å². The number of aromatic carboxylic acids is 1. The molecule has 0 radical (unpaired) electrons. The first-order chi connectivity index (χ1) is 11.9. The molecule has 2 aromatic rings. The van der Waals surface area contributed by atoms with Gasteiger partial charge in [0, 0.05) is 19.5 Å². The molecule has 1 fully saturated rings. The molecule has 3 rings (SSSR count). The van der Waals surface area contributed by atoms with Gasteiger partial charge in [-0.1, -0.05) is 12.1 Å². The van der Waals surface area contributed by atoms with Crippen molar-refractivity contribution >= 4 is 11.9 Å². The van der Waals surface area contributed by atoms with E-state index in [-0.39, 0.29) is 28.9 Å². The summed E-state index contributed by atoms with van der Waals surface area (Å²) in [6.07, 6.45) is 0.501. The van der Waals surface area contributed by atoms with E-state index in [4.69, 9.17) is 5.11 Å². The van der Waals surface area contributed by atoms with Crippen molar-refractivity contribution in [3.05, 3.63) is 70.8 Å². The first-order valence-corrected chi connectivity index (χ1v) is 7.89. The molecule has 1 aliphatic carbocycles. The molecular formula is C19H17F2NO3. The quantitative estimate of drug-likeness (QED) is 0.903. The first kappa shape index (κ1) is 17.1. The van der Waals surface area contributed by atoms with Crippen LogP contribution in [0, 0.1) is 17.6 Å². The fourth-order valence-corrected chi connectivity index (χ4v) is 3.00. The fraction of sp³-hybridized carbons (Fsp3) is 0.263. The summed E-state index contributed by atoms with van der Waals surface area (Å²) in [7, 11) is 1.64. The number of carboxylic acids is 1. The van der Waals surface area contributed by atoms with Crippen molar-refractivity contribution in [1.82, 2.24) is 4.90 Å².